The second kappa shape index (κ2) is 14.6. The summed E-state index contributed by atoms with van der Waals surface area (Å²) in [6.45, 7) is 8.23. The maximum absolute atomic E-state index is 14.1. The van der Waals surface area contributed by atoms with Crippen LogP contribution < -0.4 is 11.4 Å². The number of pyridine rings is 1. The van der Waals surface area contributed by atoms with Crippen LogP contribution in [0.25, 0.3) is 21.9 Å². The van der Waals surface area contributed by atoms with E-state index >= 15 is 0 Å². The summed E-state index contributed by atoms with van der Waals surface area (Å²) in [4.78, 5) is 57.0. The Kier molecular flexibility index (Phi) is 10.0. The van der Waals surface area contributed by atoms with E-state index < -0.39 is 12.2 Å². The molecule has 3 aliphatic rings. The number of carbonyl (C=O) groups is 2. The zero-order chi connectivity index (χ0) is 34.9. The van der Waals surface area contributed by atoms with Crippen LogP contribution in [0.4, 0.5) is 10.5 Å². The molecule has 0 spiro atoms. The van der Waals surface area contributed by atoms with Crippen LogP contribution in [-0.4, -0.2) is 118 Å². The van der Waals surface area contributed by atoms with Crippen LogP contribution >= 0.6 is 11.6 Å². The minimum absolute atomic E-state index is 0.105. The lowest BCUT2D eigenvalue weighted by atomic mass is 10.00. The van der Waals surface area contributed by atoms with Gasteiger partial charge in [-0.3, -0.25) is 19.2 Å². The maximum atomic E-state index is 14.1. The van der Waals surface area contributed by atoms with E-state index in [0.29, 0.717) is 55.8 Å². The number of hydrogen-bond donors (Lipinski definition) is 2. The number of amides is 2. The second-order valence-corrected chi connectivity index (χ2v) is 14.6. The van der Waals surface area contributed by atoms with Crippen LogP contribution in [0.15, 0.2) is 47.4 Å². The van der Waals surface area contributed by atoms with Gasteiger partial charge in [-0.1, -0.05) is 35.9 Å². The number of aromatic amines is 1. The third-order valence-corrected chi connectivity index (χ3v) is 11.2. The van der Waals surface area contributed by atoms with Crippen molar-refractivity contribution < 1.29 is 14.3 Å². The Labute approximate surface area is 297 Å². The minimum atomic E-state index is -1.00. The van der Waals surface area contributed by atoms with Crippen molar-refractivity contribution >= 4 is 51.2 Å². The molecule has 0 bridgehead atoms. The number of likely N-dealkylation sites (N-methyl/N-ethyl adjacent to an activating group) is 1. The molecule has 4 aromatic rings. The molecule has 3 fully saturated rings. The van der Waals surface area contributed by atoms with E-state index in [2.05, 4.69) is 26.8 Å². The second-order valence-electron chi connectivity index (χ2n) is 14.2. The molecule has 0 radical (unpaired) electrons. The Hall–Kier alpha value is -4.13. The van der Waals surface area contributed by atoms with Crippen molar-refractivity contribution in [2.75, 3.05) is 65.1 Å². The number of rotatable bonds is 6. The average molecular weight is 703 g/mol. The molecule has 3 aliphatic heterocycles. The molecule has 0 aliphatic carbocycles. The summed E-state index contributed by atoms with van der Waals surface area (Å²) >= 11 is 6.43. The highest BCUT2D eigenvalue weighted by molar-refractivity contribution is 6.33. The van der Waals surface area contributed by atoms with Crippen molar-refractivity contribution in [3.05, 3.63) is 69.2 Å². The third-order valence-electron chi connectivity index (χ3n) is 10.9. The van der Waals surface area contributed by atoms with Gasteiger partial charge in [-0.05, 0) is 82.4 Å². The number of fused-ring (bicyclic) bond motifs is 3. The van der Waals surface area contributed by atoms with Crippen LogP contribution in [0.5, 0.6) is 0 Å². The highest BCUT2D eigenvalue weighted by atomic mass is 35.5. The van der Waals surface area contributed by atoms with Gasteiger partial charge in [0.15, 0.2) is 6.10 Å². The number of piperidine rings is 2. The molecule has 0 saturated carbocycles. The number of carbonyl (C=O) groups excluding carboxylic acids is 2. The summed E-state index contributed by atoms with van der Waals surface area (Å²) in [5.74, 6) is -0.182. The van der Waals surface area contributed by atoms with E-state index in [9.17, 15) is 14.4 Å². The van der Waals surface area contributed by atoms with Gasteiger partial charge >= 0.3 is 11.8 Å². The van der Waals surface area contributed by atoms with E-state index in [-0.39, 0.29) is 24.1 Å². The summed E-state index contributed by atoms with van der Waals surface area (Å²) in [6.07, 6.45) is 4.50. The fraction of sp³-hybridized carbons (Fsp3) is 0.514. The van der Waals surface area contributed by atoms with Gasteiger partial charge in [0.25, 0.3) is 5.91 Å². The van der Waals surface area contributed by atoms with Crippen molar-refractivity contribution in [2.24, 2.45) is 0 Å². The fourth-order valence-corrected chi connectivity index (χ4v) is 8.30. The number of nitrogen functional groups attached to an aromatic ring is 1. The number of para-hydroxylation sites is 1. The molecule has 2 amide bonds. The van der Waals surface area contributed by atoms with Crippen molar-refractivity contribution in [2.45, 2.75) is 63.6 Å². The van der Waals surface area contributed by atoms with E-state index in [4.69, 9.17) is 22.1 Å². The monoisotopic (exact) mass is 702 g/mol. The number of hydrogen-bond acceptors (Lipinski definition) is 8. The van der Waals surface area contributed by atoms with Gasteiger partial charge in [-0.15, -0.1) is 0 Å². The number of aromatic nitrogens is 3. The van der Waals surface area contributed by atoms with Crippen LogP contribution in [0.3, 0.4) is 0 Å². The van der Waals surface area contributed by atoms with Gasteiger partial charge in [0.05, 0.1) is 33.5 Å². The first-order chi connectivity index (χ1) is 24.2. The molecule has 0 unspecified atom stereocenters. The van der Waals surface area contributed by atoms with E-state index in [1.54, 1.807) is 21.7 Å². The van der Waals surface area contributed by atoms with Crippen LogP contribution in [0, 0.1) is 6.92 Å². The topological polar surface area (TPSA) is 133 Å². The zero-order valence-corrected chi connectivity index (χ0v) is 29.7. The summed E-state index contributed by atoms with van der Waals surface area (Å²) in [6, 6.07) is 11.7. The molecule has 2 aromatic carbocycles. The Bertz CT molecular complexity index is 1900. The first kappa shape index (κ1) is 34.3. The highest BCUT2D eigenvalue weighted by Gasteiger charge is 2.35. The quantitative estimate of drug-likeness (QED) is 0.282. The van der Waals surface area contributed by atoms with E-state index in [1.807, 2.05) is 42.2 Å². The molecule has 2 aromatic heterocycles. The predicted octanol–water partition coefficient (Wildman–Crippen LogP) is 4.44. The number of nitrogens with one attached hydrogen (secondary N) is 1. The van der Waals surface area contributed by atoms with Crippen molar-refractivity contribution in [3.8, 4) is 0 Å². The summed E-state index contributed by atoms with van der Waals surface area (Å²) in [5.41, 5.74) is 10.4. The van der Waals surface area contributed by atoms with E-state index in [1.165, 1.54) is 0 Å². The van der Waals surface area contributed by atoms with Gasteiger partial charge in [-0.25, -0.2) is 9.59 Å². The predicted molar refractivity (Wildman–Crippen MR) is 196 cm³/mol. The van der Waals surface area contributed by atoms with E-state index in [0.717, 1.165) is 78.5 Å². The largest absolute Gasteiger partial charge is 0.436 e. The molecule has 13 heteroatoms. The summed E-state index contributed by atoms with van der Waals surface area (Å²) in [5, 5.41) is 1.31. The number of H-pyrrole nitrogens is 1. The summed E-state index contributed by atoms with van der Waals surface area (Å²) < 4.78 is 7.85. The minimum Gasteiger partial charge on any atom is -0.436 e. The van der Waals surface area contributed by atoms with Gasteiger partial charge in [0.2, 0.25) is 0 Å². The number of imidazole rings is 1. The SMILES string of the molecule is Cc1cc(C[C@@H](OC(=O)N2CCC(n3c(=O)[nH]c4c5ccccc5ncc43)CC2)C(=O)N2CCC(N3CCCN(C)CC3)CC2)cc(Cl)c1N. The standard InChI is InChI=1S/C37H47ClN8O4/c1-24-20-25(21-29(38)33(24)39)22-32(35(47)44-14-8-26(9-15-44)43-13-5-12-42(2)18-19-43)50-37(49)45-16-10-27(11-17-45)46-31-23-40-30-7-4-3-6-28(30)34(31)41-36(46)48/h3-4,6-7,20-21,23,26-27,32H,5,8-19,22,39H2,1-2H3,(H,41,48)/t32-/m1/s1. The zero-order valence-electron chi connectivity index (χ0n) is 28.9. The average Bonchev–Trinajstić information content (AvgIpc) is 3.32. The smallest absolute Gasteiger partial charge is 0.410 e. The van der Waals surface area contributed by atoms with Gasteiger partial charge in [-0.2, -0.15) is 0 Å². The number of nitrogens with two attached hydrogens (primary N) is 1. The van der Waals surface area contributed by atoms with Crippen LogP contribution in [0.1, 0.15) is 49.3 Å². The number of nitrogens with zero attached hydrogens (tertiary/aromatic N) is 6. The molecule has 1 atom stereocenters. The molecular weight excluding hydrogens is 656 g/mol. The molecular formula is C37H47ClN8O4. The lowest BCUT2D eigenvalue weighted by molar-refractivity contribution is -0.142. The number of likely N-dealkylation sites (tertiary alicyclic amines) is 2. The number of aryl methyl sites for hydroxylation is 1. The van der Waals surface area contributed by atoms with Crippen molar-refractivity contribution in [1.29, 1.82) is 0 Å². The lowest BCUT2D eigenvalue weighted by Crippen LogP contribution is -2.51. The number of anilines is 1. The molecule has 266 valence electrons. The number of halogens is 1. The molecule has 5 heterocycles. The van der Waals surface area contributed by atoms with Gasteiger partial charge in [0.1, 0.15) is 0 Å². The van der Waals surface area contributed by atoms with Crippen LogP contribution in [-0.2, 0) is 16.0 Å². The van der Waals surface area contributed by atoms with Gasteiger partial charge < -0.3 is 30.2 Å². The lowest BCUT2D eigenvalue weighted by Gasteiger charge is -2.39. The third kappa shape index (κ3) is 7.06. The first-order valence-corrected chi connectivity index (χ1v) is 18.2. The Morgan fingerprint density at radius 2 is 1.70 bits per heavy atom. The van der Waals surface area contributed by atoms with Crippen molar-refractivity contribution in [3.63, 3.8) is 0 Å². The Morgan fingerprint density at radius 1 is 0.980 bits per heavy atom. The molecule has 3 N–H and O–H groups in total. The fourth-order valence-electron chi connectivity index (χ4n) is 8.01. The normalized spacial score (nSPS) is 19.6. The Morgan fingerprint density at radius 3 is 2.46 bits per heavy atom. The molecule has 7 rings (SSSR count). The maximum Gasteiger partial charge on any atom is 0.410 e. The molecule has 50 heavy (non-hydrogen) atoms. The summed E-state index contributed by atoms with van der Waals surface area (Å²) in [7, 11) is 2.18. The first-order valence-electron chi connectivity index (χ1n) is 17.9. The number of ether oxygens (including phenoxy) is 1. The number of benzene rings is 2. The van der Waals surface area contributed by atoms with Gasteiger partial charge in [0, 0.05) is 63.2 Å². The van der Waals surface area contributed by atoms with Crippen molar-refractivity contribution in [1.82, 2.24) is 34.1 Å². The highest BCUT2D eigenvalue weighted by Crippen LogP contribution is 2.30. The van der Waals surface area contributed by atoms with Crippen LogP contribution in [0.2, 0.25) is 5.02 Å². The Balaban J connectivity index is 1.03. The molecule has 12 nitrogen and oxygen atoms in total. The molecule has 3 saturated heterocycles.